The number of carbonyl (C=O) groups excluding carboxylic acids is 2. The van der Waals surface area contributed by atoms with Crippen LogP contribution >= 0.6 is 11.6 Å². The number of nitrogens with one attached hydrogen (secondary N) is 1. The molecule has 0 unspecified atom stereocenters. The van der Waals surface area contributed by atoms with Gasteiger partial charge in [-0.25, -0.2) is 13.9 Å². The number of aryl methyl sites for hydroxylation is 1. The number of amides is 3. The number of nitrogens with zero attached hydrogens (tertiary/aromatic N) is 4. The highest BCUT2D eigenvalue weighted by molar-refractivity contribution is 6.31. The first-order valence-electron chi connectivity index (χ1n) is 10.3. The topological polar surface area (TPSA) is 70.5 Å². The molecule has 0 aliphatic carbocycles. The van der Waals surface area contributed by atoms with Crippen LogP contribution in [0, 0.1) is 19.7 Å². The molecule has 9 heteroatoms. The molecule has 166 valence electrons. The standard InChI is InChI=1S/C23H23ClFN5O2/c1-15-7-8-17(13-19(15)24)27-23(32)29-11-9-28(10-12-29)22(31)18-14-26-30(16(18)2)21-6-4-3-5-20(21)25/h3-8,13-14H,9-12H2,1-2H3,(H,27,32). The van der Waals surface area contributed by atoms with Crippen LogP contribution in [0.25, 0.3) is 5.69 Å². The van der Waals surface area contributed by atoms with Crippen molar-refractivity contribution in [1.29, 1.82) is 0 Å². The third-order valence-electron chi connectivity index (χ3n) is 5.60. The maximum atomic E-state index is 14.1. The summed E-state index contributed by atoms with van der Waals surface area (Å²) in [5.41, 5.74) is 2.84. The Bertz CT molecular complexity index is 1170. The lowest BCUT2D eigenvalue weighted by atomic mass is 10.2. The van der Waals surface area contributed by atoms with E-state index >= 15 is 0 Å². The largest absolute Gasteiger partial charge is 0.335 e. The minimum atomic E-state index is -0.410. The molecule has 2 aromatic carbocycles. The molecule has 32 heavy (non-hydrogen) atoms. The number of hydrogen-bond acceptors (Lipinski definition) is 3. The summed E-state index contributed by atoms with van der Waals surface area (Å²) in [5, 5.41) is 7.64. The quantitative estimate of drug-likeness (QED) is 0.641. The fraction of sp³-hybridized carbons (Fsp3) is 0.261. The number of benzene rings is 2. The van der Waals surface area contributed by atoms with Gasteiger partial charge in [-0.05, 0) is 43.7 Å². The molecule has 1 aromatic heterocycles. The van der Waals surface area contributed by atoms with Gasteiger partial charge in [-0.15, -0.1) is 0 Å². The van der Waals surface area contributed by atoms with E-state index < -0.39 is 5.82 Å². The fourth-order valence-electron chi connectivity index (χ4n) is 3.64. The van der Waals surface area contributed by atoms with Crippen molar-refractivity contribution in [1.82, 2.24) is 19.6 Å². The number of anilines is 1. The van der Waals surface area contributed by atoms with Crippen molar-refractivity contribution in [3.8, 4) is 5.69 Å². The second-order valence-corrected chi connectivity index (χ2v) is 8.09. The summed E-state index contributed by atoms with van der Waals surface area (Å²) >= 11 is 6.12. The lowest BCUT2D eigenvalue weighted by molar-refractivity contribution is 0.0671. The van der Waals surface area contributed by atoms with E-state index in [1.54, 1.807) is 47.1 Å². The van der Waals surface area contributed by atoms with Crippen molar-refractivity contribution < 1.29 is 14.0 Å². The molecule has 0 saturated carbocycles. The second kappa shape index (κ2) is 9.00. The zero-order chi connectivity index (χ0) is 22.8. The maximum Gasteiger partial charge on any atom is 0.321 e. The highest BCUT2D eigenvalue weighted by Crippen LogP contribution is 2.21. The van der Waals surface area contributed by atoms with Crippen LogP contribution < -0.4 is 5.32 Å². The van der Waals surface area contributed by atoms with Crippen LogP contribution in [0.1, 0.15) is 21.6 Å². The Morgan fingerprint density at radius 1 is 1.03 bits per heavy atom. The van der Waals surface area contributed by atoms with E-state index in [2.05, 4.69) is 10.4 Å². The van der Waals surface area contributed by atoms with Gasteiger partial charge in [0.2, 0.25) is 0 Å². The summed E-state index contributed by atoms with van der Waals surface area (Å²) < 4.78 is 15.6. The van der Waals surface area contributed by atoms with Crippen molar-refractivity contribution in [2.45, 2.75) is 13.8 Å². The van der Waals surface area contributed by atoms with Crippen molar-refractivity contribution >= 4 is 29.2 Å². The average molecular weight is 456 g/mol. The second-order valence-electron chi connectivity index (χ2n) is 7.68. The average Bonchev–Trinajstić information content (AvgIpc) is 3.17. The molecule has 1 aliphatic rings. The predicted molar refractivity (Wildman–Crippen MR) is 121 cm³/mol. The van der Waals surface area contributed by atoms with Gasteiger partial charge in [0.1, 0.15) is 11.5 Å². The monoisotopic (exact) mass is 455 g/mol. The Hall–Kier alpha value is -3.39. The lowest BCUT2D eigenvalue weighted by Gasteiger charge is -2.34. The first-order valence-corrected chi connectivity index (χ1v) is 10.6. The summed E-state index contributed by atoms with van der Waals surface area (Å²) in [6.07, 6.45) is 1.46. The van der Waals surface area contributed by atoms with Gasteiger partial charge in [-0.1, -0.05) is 29.8 Å². The maximum absolute atomic E-state index is 14.1. The van der Waals surface area contributed by atoms with Crippen LogP contribution in [0.3, 0.4) is 0 Å². The Balaban J connectivity index is 1.39. The van der Waals surface area contributed by atoms with Gasteiger partial charge in [-0.2, -0.15) is 5.10 Å². The van der Waals surface area contributed by atoms with Gasteiger partial charge in [0, 0.05) is 36.9 Å². The molecule has 1 N–H and O–H groups in total. The van der Waals surface area contributed by atoms with Gasteiger partial charge < -0.3 is 15.1 Å². The van der Waals surface area contributed by atoms with Crippen molar-refractivity contribution in [2.24, 2.45) is 0 Å². The lowest BCUT2D eigenvalue weighted by Crippen LogP contribution is -2.51. The van der Waals surface area contributed by atoms with Crippen LogP contribution in [-0.2, 0) is 0 Å². The third-order valence-corrected chi connectivity index (χ3v) is 6.01. The van der Waals surface area contributed by atoms with Crippen LogP contribution in [0.15, 0.2) is 48.7 Å². The zero-order valence-electron chi connectivity index (χ0n) is 17.8. The van der Waals surface area contributed by atoms with E-state index in [9.17, 15) is 14.0 Å². The third kappa shape index (κ3) is 4.31. The summed E-state index contributed by atoms with van der Waals surface area (Å²) in [4.78, 5) is 29.0. The number of para-hydroxylation sites is 1. The van der Waals surface area contributed by atoms with Crippen LogP contribution in [-0.4, -0.2) is 57.7 Å². The summed E-state index contributed by atoms with van der Waals surface area (Å²) in [7, 11) is 0. The van der Waals surface area contributed by atoms with E-state index in [0.717, 1.165) is 5.56 Å². The molecule has 1 saturated heterocycles. The van der Waals surface area contributed by atoms with Crippen LogP contribution in [0.2, 0.25) is 5.02 Å². The number of piperazine rings is 1. The molecule has 3 aromatic rings. The number of carbonyl (C=O) groups is 2. The Labute approximate surface area is 190 Å². The normalized spacial score (nSPS) is 13.9. The van der Waals surface area contributed by atoms with Gasteiger partial charge in [0.05, 0.1) is 17.5 Å². The molecule has 3 amide bonds. The summed E-state index contributed by atoms with van der Waals surface area (Å²) in [6, 6.07) is 11.4. The number of halogens is 2. The molecule has 1 fully saturated rings. The predicted octanol–water partition coefficient (Wildman–Crippen LogP) is 4.27. The number of aromatic nitrogens is 2. The molecule has 1 aliphatic heterocycles. The van der Waals surface area contributed by atoms with Gasteiger partial charge >= 0.3 is 6.03 Å². The first kappa shape index (κ1) is 21.8. The van der Waals surface area contributed by atoms with Crippen molar-refractivity contribution in [3.63, 3.8) is 0 Å². The Morgan fingerprint density at radius 3 is 2.41 bits per heavy atom. The Morgan fingerprint density at radius 2 is 1.72 bits per heavy atom. The molecule has 7 nitrogen and oxygen atoms in total. The molecule has 0 bridgehead atoms. The summed E-state index contributed by atoms with van der Waals surface area (Å²) in [5.74, 6) is -0.595. The molecule has 0 atom stereocenters. The zero-order valence-corrected chi connectivity index (χ0v) is 18.6. The fourth-order valence-corrected chi connectivity index (χ4v) is 3.82. The summed E-state index contributed by atoms with van der Waals surface area (Å²) in [6.45, 7) is 5.22. The minimum Gasteiger partial charge on any atom is -0.335 e. The van der Waals surface area contributed by atoms with Crippen LogP contribution in [0.5, 0.6) is 0 Å². The van der Waals surface area contributed by atoms with Crippen LogP contribution in [0.4, 0.5) is 14.9 Å². The number of hydrogen-bond donors (Lipinski definition) is 1. The molecular formula is C23H23ClFN5O2. The Kier molecular flexibility index (Phi) is 6.14. The number of rotatable bonds is 3. The van der Waals surface area contributed by atoms with E-state index in [1.165, 1.54) is 16.9 Å². The van der Waals surface area contributed by atoms with Gasteiger partial charge in [0.25, 0.3) is 5.91 Å². The van der Waals surface area contributed by atoms with Crippen molar-refractivity contribution in [2.75, 3.05) is 31.5 Å². The minimum absolute atomic E-state index is 0.185. The van der Waals surface area contributed by atoms with Gasteiger partial charge in [0.15, 0.2) is 0 Å². The highest BCUT2D eigenvalue weighted by Gasteiger charge is 2.27. The molecule has 2 heterocycles. The smallest absolute Gasteiger partial charge is 0.321 e. The van der Waals surface area contributed by atoms with E-state index in [4.69, 9.17) is 11.6 Å². The van der Waals surface area contributed by atoms with E-state index in [1.807, 2.05) is 13.0 Å². The highest BCUT2D eigenvalue weighted by atomic mass is 35.5. The molecular weight excluding hydrogens is 433 g/mol. The van der Waals surface area contributed by atoms with E-state index in [0.29, 0.717) is 53.8 Å². The van der Waals surface area contributed by atoms with E-state index in [-0.39, 0.29) is 11.9 Å². The van der Waals surface area contributed by atoms with Crippen molar-refractivity contribution in [3.05, 3.63) is 76.3 Å². The van der Waals surface area contributed by atoms with Gasteiger partial charge in [-0.3, -0.25) is 4.79 Å². The SMILES string of the molecule is Cc1ccc(NC(=O)N2CCN(C(=O)c3cnn(-c4ccccc4F)c3C)CC2)cc1Cl. The first-order chi connectivity index (χ1) is 15.3. The molecule has 4 rings (SSSR count). The molecule has 0 spiro atoms. The molecule has 0 radical (unpaired) electrons. The number of urea groups is 1.